The van der Waals surface area contributed by atoms with E-state index in [9.17, 15) is 0 Å². The molecular formula is C12H20N2S2. The van der Waals surface area contributed by atoms with Gasteiger partial charge in [0.2, 0.25) is 0 Å². The Kier molecular flexibility index (Phi) is 4.25. The van der Waals surface area contributed by atoms with Crippen LogP contribution in [0.1, 0.15) is 33.1 Å². The van der Waals surface area contributed by atoms with E-state index in [1.54, 1.807) is 0 Å². The zero-order valence-electron chi connectivity index (χ0n) is 10.1. The van der Waals surface area contributed by atoms with Crippen LogP contribution in [0.3, 0.4) is 0 Å². The summed E-state index contributed by atoms with van der Waals surface area (Å²) in [6.07, 6.45) is 9.92. The molecule has 0 amide bonds. The summed E-state index contributed by atoms with van der Waals surface area (Å²) >= 11 is 4.28. The van der Waals surface area contributed by atoms with Crippen molar-refractivity contribution in [3.8, 4) is 0 Å². The van der Waals surface area contributed by atoms with Crippen LogP contribution in [0, 0.1) is 0 Å². The topological polar surface area (TPSA) is 17.8 Å². The number of unbranched alkanes of at least 4 members (excludes halogenated alkanes) is 1. The van der Waals surface area contributed by atoms with Crippen molar-refractivity contribution < 1.29 is 0 Å². The largest absolute Gasteiger partial charge is 0.335 e. The molecule has 0 aliphatic carbocycles. The van der Waals surface area contributed by atoms with Gasteiger partial charge in [-0.05, 0) is 13.3 Å². The molecule has 2 heterocycles. The molecule has 2 atom stereocenters. The number of rotatable bonds is 5. The Morgan fingerprint density at radius 2 is 2.44 bits per heavy atom. The highest BCUT2D eigenvalue weighted by Gasteiger charge is 2.36. The summed E-state index contributed by atoms with van der Waals surface area (Å²) in [7, 11) is 0. The van der Waals surface area contributed by atoms with E-state index in [4.69, 9.17) is 0 Å². The summed E-state index contributed by atoms with van der Waals surface area (Å²) in [5, 5.41) is 0.860. The van der Waals surface area contributed by atoms with Crippen LogP contribution in [-0.4, -0.2) is 24.6 Å². The summed E-state index contributed by atoms with van der Waals surface area (Å²) in [4.78, 5) is 4.11. The van der Waals surface area contributed by atoms with Crippen molar-refractivity contribution in [2.45, 2.75) is 49.0 Å². The third-order valence-corrected chi connectivity index (χ3v) is 6.42. The van der Waals surface area contributed by atoms with Crippen LogP contribution in [-0.2, 0) is 6.54 Å². The van der Waals surface area contributed by atoms with E-state index in [-0.39, 0.29) is 0 Å². The van der Waals surface area contributed by atoms with Crippen molar-refractivity contribution in [2.24, 2.45) is 0 Å². The second-order valence-corrected chi connectivity index (χ2v) is 8.15. The van der Waals surface area contributed by atoms with Crippen molar-refractivity contribution >= 4 is 23.5 Å². The summed E-state index contributed by atoms with van der Waals surface area (Å²) in [6.45, 7) is 5.72. The lowest BCUT2D eigenvalue weighted by atomic mass is 10.2. The number of hydrogen-bond donors (Lipinski definition) is 0. The van der Waals surface area contributed by atoms with Gasteiger partial charge in [-0.1, -0.05) is 19.8 Å². The van der Waals surface area contributed by atoms with Crippen LogP contribution in [0.25, 0.3) is 0 Å². The quantitative estimate of drug-likeness (QED) is 0.801. The van der Waals surface area contributed by atoms with Crippen LogP contribution >= 0.6 is 23.5 Å². The van der Waals surface area contributed by atoms with Crippen molar-refractivity contribution in [2.75, 3.05) is 5.75 Å². The average molecular weight is 256 g/mol. The van der Waals surface area contributed by atoms with Crippen LogP contribution in [0.4, 0.5) is 0 Å². The SMILES string of the molecule is CCCCC1CSC(C)(Cn2ccnc2)S1. The Labute approximate surface area is 107 Å². The average Bonchev–Trinajstić information content (AvgIpc) is 2.86. The first-order valence-electron chi connectivity index (χ1n) is 5.99. The molecule has 1 aliphatic rings. The lowest BCUT2D eigenvalue weighted by Gasteiger charge is -2.23. The molecule has 0 spiro atoms. The predicted octanol–water partition coefficient (Wildman–Crippen LogP) is 3.64. The number of hydrogen-bond acceptors (Lipinski definition) is 3. The molecule has 1 aliphatic heterocycles. The molecule has 2 nitrogen and oxygen atoms in total. The van der Waals surface area contributed by atoms with Crippen LogP contribution in [0.15, 0.2) is 18.7 Å². The normalized spacial score (nSPS) is 29.8. The van der Waals surface area contributed by atoms with Crippen molar-refractivity contribution in [1.29, 1.82) is 0 Å². The second-order valence-electron chi connectivity index (χ2n) is 4.56. The molecule has 2 unspecified atom stereocenters. The zero-order valence-corrected chi connectivity index (χ0v) is 11.7. The number of aromatic nitrogens is 2. The van der Waals surface area contributed by atoms with Gasteiger partial charge in [0.05, 0.1) is 10.4 Å². The molecule has 1 aromatic heterocycles. The summed E-state index contributed by atoms with van der Waals surface area (Å²) in [6, 6.07) is 0. The predicted molar refractivity (Wildman–Crippen MR) is 74.0 cm³/mol. The molecule has 0 radical (unpaired) electrons. The van der Waals surface area contributed by atoms with Crippen LogP contribution in [0.5, 0.6) is 0 Å². The van der Waals surface area contributed by atoms with E-state index >= 15 is 0 Å². The third kappa shape index (κ3) is 3.20. The van der Waals surface area contributed by atoms with Gasteiger partial charge in [0.25, 0.3) is 0 Å². The molecule has 1 saturated heterocycles. The molecule has 1 aromatic rings. The number of thioether (sulfide) groups is 2. The molecule has 1 fully saturated rings. The van der Waals surface area contributed by atoms with Crippen molar-refractivity contribution in [1.82, 2.24) is 9.55 Å². The summed E-state index contributed by atoms with van der Waals surface area (Å²) < 4.78 is 2.54. The molecule has 90 valence electrons. The fourth-order valence-corrected chi connectivity index (χ4v) is 5.58. The first-order valence-corrected chi connectivity index (χ1v) is 7.86. The van der Waals surface area contributed by atoms with Gasteiger partial charge in [0.1, 0.15) is 0 Å². The minimum atomic E-state index is 0.346. The van der Waals surface area contributed by atoms with Gasteiger partial charge in [0.15, 0.2) is 0 Å². The molecule has 4 heteroatoms. The van der Waals surface area contributed by atoms with Crippen molar-refractivity contribution in [3.05, 3.63) is 18.7 Å². The fourth-order valence-electron chi connectivity index (χ4n) is 2.06. The lowest BCUT2D eigenvalue weighted by Crippen LogP contribution is -2.20. The summed E-state index contributed by atoms with van der Waals surface area (Å²) in [5.41, 5.74) is 0. The van der Waals surface area contributed by atoms with Gasteiger partial charge in [-0.15, -0.1) is 23.5 Å². The zero-order chi connectivity index (χ0) is 11.4. The molecule has 0 N–H and O–H groups in total. The smallest absolute Gasteiger partial charge is 0.0946 e. The highest BCUT2D eigenvalue weighted by atomic mass is 32.2. The van der Waals surface area contributed by atoms with E-state index < -0.39 is 0 Å². The maximum Gasteiger partial charge on any atom is 0.0946 e. The van der Waals surface area contributed by atoms with Gasteiger partial charge in [-0.2, -0.15) is 0 Å². The Morgan fingerprint density at radius 3 is 3.12 bits per heavy atom. The fraction of sp³-hybridized carbons (Fsp3) is 0.750. The molecule has 16 heavy (non-hydrogen) atoms. The van der Waals surface area contributed by atoms with Gasteiger partial charge < -0.3 is 4.57 Å². The van der Waals surface area contributed by atoms with Gasteiger partial charge >= 0.3 is 0 Å². The Morgan fingerprint density at radius 1 is 1.56 bits per heavy atom. The summed E-state index contributed by atoms with van der Waals surface area (Å²) in [5.74, 6) is 1.32. The number of imidazole rings is 1. The standard InChI is InChI=1S/C12H20N2S2/c1-3-4-5-11-8-15-12(2,16-11)9-14-7-6-13-10-14/h6-7,10-11H,3-5,8-9H2,1-2H3. The maximum absolute atomic E-state index is 4.11. The van der Waals surface area contributed by atoms with Crippen LogP contribution < -0.4 is 0 Å². The minimum absolute atomic E-state index is 0.346. The first-order chi connectivity index (χ1) is 7.72. The molecule has 2 rings (SSSR count). The second kappa shape index (κ2) is 5.50. The van der Waals surface area contributed by atoms with E-state index in [1.807, 2.05) is 12.5 Å². The number of nitrogens with zero attached hydrogens (tertiary/aromatic N) is 2. The Hall–Kier alpha value is -0.0900. The monoisotopic (exact) mass is 256 g/mol. The highest BCUT2D eigenvalue weighted by molar-refractivity contribution is 8.21. The van der Waals surface area contributed by atoms with Crippen LogP contribution in [0.2, 0.25) is 0 Å². The van der Waals surface area contributed by atoms with E-state index in [0.29, 0.717) is 4.08 Å². The first kappa shape index (κ1) is 12.4. The van der Waals surface area contributed by atoms with Gasteiger partial charge in [0, 0.05) is 29.9 Å². The molecular weight excluding hydrogens is 236 g/mol. The van der Waals surface area contributed by atoms with Gasteiger partial charge in [-0.25, -0.2) is 4.98 Å². The van der Waals surface area contributed by atoms with E-state index in [2.05, 4.69) is 53.1 Å². The maximum atomic E-state index is 4.11. The lowest BCUT2D eigenvalue weighted by molar-refractivity contribution is 0.661. The molecule has 0 saturated carbocycles. The highest BCUT2D eigenvalue weighted by Crippen LogP contribution is 2.50. The van der Waals surface area contributed by atoms with E-state index in [1.165, 1.54) is 25.0 Å². The Bertz CT molecular complexity index is 313. The van der Waals surface area contributed by atoms with E-state index in [0.717, 1.165) is 11.8 Å². The minimum Gasteiger partial charge on any atom is -0.335 e. The van der Waals surface area contributed by atoms with Crippen molar-refractivity contribution in [3.63, 3.8) is 0 Å². The molecule has 0 aromatic carbocycles. The van der Waals surface area contributed by atoms with Gasteiger partial charge in [-0.3, -0.25) is 0 Å². The molecule has 0 bridgehead atoms. The third-order valence-electron chi connectivity index (χ3n) is 2.90. The Balaban J connectivity index is 1.85.